The van der Waals surface area contributed by atoms with Gasteiger partial charge in [0, 0.05) is 27.6 Å². The van der Waals surface area contributed by atoms with Crippen molar-refractivity contribution in [2.45, 2.75) is 0 Å². The van der Waals surface area contributed by atoms with Gasteiger partial charge in [-0.25, -0.2) is 14.5 Å². The summed E-state index contributed by atoms with van der Waals surface area (Å²) < 4.78 is 6.64. The fourth-order valence-corrected chi connectivity index (χ4v) is 7.68. The first kappa shape index (κ1) is 29.4. The zero-order valence-corrected chi connectivity index (χ0v) is 28.4. The highest BCUT2D eigenvalue weighted by molar-refractivity contribution is 6.10. The van der Waals surface area contributed by atoms with Crippen LogP contribution < -0.4 is 0 Å². The number of imidazole rings is 2. The van der Waals surface area contributed by atoms with Crippen LogP contribution in [0.2, 0.25) is 0 Å². The van der Waals surface area contributed by atoms with E-state index in [1.165, 1.54) is 21.8 Å². The summed E-state index contributed by atoms with van der Waals surface area (Å²) in [6, 6.07) is 61.0. The first-order valence-corrected chi connectivity index (χ1v) is 17.7. The molecular weight excluding hydrogens is 651 g/mol. The van der Waals surface area contributed by atoms with E-state index in [1.807, 2.05) is 66.7 Å². The lowest BCUT2D eigenvalue weighted by Crippen LogP contribution is -2.07. The van der Waals surface area contributed by atoms with E-state index in [4.69, 9.17) is 19.9 Å². The van der Waals surface area contributed by atoms with Crippen molar-refractivity contribution in [1.82, 2.24) is 33.5 Å². The standard InChI is InChI=1S/C46H29N7/c1-4-14-30(15-5-1)43-48-44(31-16-6-2-7-17-31)50-45(49-43)53-41-27-25-33(29-42(41)52-40-23-13-11-21-37(40)47-46(52)53)32-24-26-39-36(28-32)35-20-10-12-22-38(35)51(39)34-18-8-3-9-19-34/h1-29H. The summed E-state index contributed by atoms with van der Waals surface area (Å²) in [5.74, 6) is 2.45. The SMILES string of the molecule is c1ccc(-c2nc(-c3ccccc3)nc(-n3c4ccc(-c5ccc6c(c5)c5ccccc5n6-c5ccccc5)cc4n4c5ccccc5nc34)n2)cc1. The molecule has 0 fully saturated rings. The second-order valence-corrected chi connectivity index (χ2v) is 13.2. The molecule has 7 aromatic carbocycles. The fraction of sp³-hybridized carbons (Fsp3) is 0. The average Bonchev–Trinajstić information content (AvgIpc) is 3.88. The van der Waals surface area contributed by atoms with E-state index in [2.05, 4.69) is 123 Å². The number of benzene rings is 7. The van der Waals surface area contributed by atoms with Crippen molar-refractivity contribution in [3.05, 3.63) is 176 Å². The number of fused-ring (bicyclic) bond motifs is 8. The molecule has 0 saturated heterocycles. The highest BCUT2D eigenvalue weighted by Crippen LogP contribution is 2.37. The number of nitrogens with zero attached hydrogens (tertiary/aromatic N) is 7. The predicted molar refractivity (Wildman–Crippen MR) is 214 cm³/mol. The van der Waals surface area contributed by atoms with Gasteiger partial charge in [-0.05, 0) is 65.7 Å². The van der Waals surface area contributed by atoms with E-state index in [0.29, 0.717) is 17.6 Å². The zero-order valence-electron chi connectivity index (χ0n) is 28.4. The van der Waals surface area contributed by atoms with Crippen LogP contribution in [-0.4, -0.2) is 33.5 Å². The van der Waals surface area contributed by atoms with E-state index < -0.39 is 0 Å². The van der Waals surface area contributed by atoms with E-state index in [-0.39, 0.29) is 0 Å². The minimum Gasteiger partial charge on any atom is -0.309 e. The van der Waals surface area contributed by atoms with Gasteiger partial charge in [0.05, 0.1) is 33.1 Å². The van der Waals surface area contributed by atoms with Crippen molar-refractivity contribution in [2.24, 2.45) is 0 Å². The van der Waals surface area contributed by atoms with Crippen molar-refractivity contribution in [3.8, 4) is 45.5 Å². The number of aromatic nitrogens is 7. The van der Waals surface area contributed by atoms with Crippen molar-refractivity contribution >= 4 is 49.7 Å². The lowest BCUT2D eigenvalue weighted by molar-refractivity contribution is 0.937. The third kappa shape index (κ3) is 4.61. The molecule has 0 N–H and O–H groups in total. The summed E-state index contributed by atoms with van der Waals surface area (Å²) >= 11 is 0. The Hall–Kier alpha value is -7.38. The fourth-order valence-electron chi connectivity index (χ4n) is 7.68. The van der Waals surface area contributed by atoms with Crippen LogP contribution >= 0.6 is 0 Å². The van der Waals surface area contributed by atoms with Crippen LogP contribution in [0.4, 0.5) is 0 Å². The van der Waals surface area contributed by atoms with Crippen LogP contribution in [-0.2, 0) is 0 Å². The monoisotopic (exact) mass is 679 g/mol. The summed E-state index contributed by atoms with van der Waals surface area (Å²) in [7, 11) is 0. The van der Waals surface area contributed by atoms with Crippen molar-refractivity contribution < 1.29 is 0 Å². The smallest absolute Gasteiger partial charge is 0.241 e. The lowest BCUT2D eigenvalue weighted by atomic mass is 10.0. The van der Waals surface area contributed by atoms with Gasteiger partial charge in [0.1, 0.15) is 0 Å². The molecule has 0 spiro atoms. The Labute approximate surface area is 303 Å². The largest absolute Gasteiger partial charge is 0.309 e. The second-order valence-electron chi connectivity index (χ2n) is 13.2. The van der Waals surface area contributed by atoms with Crippen LogP contribution in [0, 0.1) is 0 Å². The normalized spacial score (nSPS) is 11.8. The molecule has 4 aromatic heterocycles. The van der Waals surface area contributed by atoms with E-state index in [0.717, 1.165) is 55.8 Å². The van der Waals surface area contributed by atoms with E-state index in [1.54, 1.807) is 0 Å². The average molecular weight is 680 g/mol. The molecule has 7 nitrogen and oxygen atoms in total. The van der Waals surface area contributed by atoms with Gasteiger partial charge in [0.25, 0.3) is 0 Å². The molecule has 0 saturated carbocycles. The van der Waals surface area contributed by atoms with Gasteiger partial charge in [-0.2, -0.15) is 9.97 Å². The first-order chi connectivity index (χ1) is 26.3. The Morgan fingerprint density at radius 2 is 0.906 bits per heavy atom. The third-order valence-corrected chi connectivity index (χ3v) is 10.1. The van der Waals surface area contributed by atoms with Crippen LogP contribution in [0.3, 0.4) is 0 Å². The number of hydrogen-bond donors (Lipinski definition) is 0. The van der Waals surface area contributed by atoms with Gasteiger partial charge >= 0.3 is 0 Å². The topological polar surface area (TPSA) is 65.8 Å². The molecular formula is C46H29N7. The molecule has 0 aliphatic heterocycles. The summed E-state index contributed by atoms with van der Waals surface area (Å²) in [5.41, 5.74) is 11.5. The Morgan fingerprint density at radius 1 is 0.340 bits per heavy atom. The first-order valence-electron chi connectivity index (χ1n) is 17.7. The van der Waals surface area contributed by atoms with Crippen LogP contribution in [0.1, 0.15) is 0 Å². The Morgan fingerprint density at radius 3 is 1.62 bits per heavy atom. The molecule has 0 aliphatic rings. The summed E-state index contributed by atoms with van der Waals surface area (Å²) in [5, 5.41) is 2.44. The molecule has 11 rings (SSSR count). The number of hydrogen-bond acceptors (Lipinski definition) is 4. The van der Waals surface area contributed by atoms with Crippen molar-refractivity contribution in [2.75, 3.05) is 0 Å². The van der Waals surface area contributed by atoms with Gasteiger partial charge in [-0.3, -0.25) is 4.40 Å². The molecule has 0 unspecified atom stereocenters. The maximum Gasteiger partial charge on any atom is 0.241 e. The maximum atomic E-state index is 5.17. The van der Waals surface area contributed by atoms with E-state index >= 15 is 0 Å². The van der Waals surface area contributed by atoms with E-state index in [9.17, 15) is 0 Å². The second kappa shape index (κ2) is 11.6. The molecule has 53 heavy (non-hydrogen) atoms. The van der Waals surface area contributed by atoms with Gasteiger partial charge in [-0.15, -0.1) is 0 Å². The third-order valence-electron chi connectivity index (χ3n) is 10.1. The minimum atomic E-state index is 0.510. The summed E-state index contributed by atoms with van der Waals surface area (Å²) in [6.07, 6.45) is 0. The van der Waals surface area contributed by atoms with Gasteiger partial charge < -0.3 is 4.57 Å². The number of para-hydroxylation sites is 4. The Kier molecular flexibility index (Phi) is 6.42. The maximum absolute atomic E-state index is 5.17. The molecule has 0 radical (unpaired) electrons. The summed E-state index contributed by atoms with van der Waals surface area (Å²) in [4.78, 5) is 20.3. The number of rotatable bonds is 5. The molecule has 4 heterocycles. The molecule has 0 atom stereocenters. The van der Waals surface area contributed by atoms with Crippen LogP contribution in [0.25, 0.3) is 95.2 Å². The predicted octanol–water partition coefficient (Wildman–Crippen LogP) is 10.7. The molecule has 248 valence electrons. The molecule has 7 heteroatoms. The lowest BCUT2D eigenvalue weighted by Gasteiger charge is -2.10. The zero-order chi connectivity index (χ0) is 34.9. The van der Waals surface area contributed by atoms with Gasteiger partial charge in [-0.1, -0.05) is 121 Å². The Balaban J connectivity index is 1.15. The van der Waals surface area contributed by atoms with Gasteiger partial charge in [0.2, 0.25) is 11.7 Å². The molecule has 0 amide bonds. The highest BCUT2D eigenvalue weighted by atomic mass is 15.3. The minimum absolute atomic E-state index is 0.510. The van der Waals surface area contributed by atoms with Crippen LogP contribution in [0.15, 0.2) is 176 Å². The van der Waals surface area contributed by atoms with Crippen LogP contribution in [0.5, 0.6) is 0 Å². The summed E-state index contributed by atoms with van der Waals surface area (Å²) in [6.45, 7) is 0. The Bertz CT molecular complexity index is 3100. The quantitative estimate of drug-likeness (QED) is 0.182. The molecule has 0 bridgehead atoms. The molecule has 11 aromatic rings. The van der Waals surface area contributed by atoms with Crippen molar-refractivity contribution in [3.63, 3.8) is 0 Å². The van der Waals surface area contributed by atoms with Crippen molar-refractivity contribution in [1.29, 1.82) is 0 Å². The highest BCUT2D eigenvalue weighted by Gasteiger charge is 2.22. The van der Waals surface area contributed by atoms with Gasteiger partial charge in [0.15, 0.2) is 11.6 Å². The molecule has 0 aliphatic carbocycles.